The molecule has 0 radical (unpaired) electrons. The standard InChI is InChI=1S/C22H28F3N5O5S/c1-4-8-28-9-7-15(11-17(28)18(27)31)30-20(36(33,34)35)29(19(32)21(30,2)3)14-6-5-13(12-26)16(10-14)22(23,24)25/h5-6,10,15,17,20H,4,7-9,11H2,1-3H3,(H2,27,31)(H,33,34,35). The average molecular weight is 532 g/mol. The number of likely N-dealkylation sites (tertiary alicyclic amines) is 1. The maximum absolute atomic E-state index is 13.6. The smallest absolute Gasteiger partial charge is 0.368 e. The molecule has 0 aromatic heterocycles. The average Bonchev–Trinajstić information content (AvgIpc) is 2.99. The Labute approximate surface area is 207 Å². The van der Waals surface area contributed by atoms with E-state index in [9.17, 15) is 35.7 Å². The van der Waals surface area contributed by atoms with Crippen molar-refractivity contribution in [1.29, 1.82) is 5.26 Å². The van der Waals surface area contributed by atoms with Crippen LogP contribution in [0.2, 0.25) is 0 Å². The molecule has 1 aromatic carbocycles. The van der Waals surface area contributed by atoms with E-state index in [2.05, 4.69) is 0 Å². The van der Waals surface area contributed by atoms with E-state index in [1.54, 1.807) is 0 Å². The van der Waals surface area contributed by atoms with Crippen molar-refractivity contribution >= 4 is 27.6 Å². The van der Waals surface area contributed by atoms with Crippen LogP contribution in [0.25, 0.3) is 0 Å². The van der Waals surface area contributed by atoms with Gasteiger partial charge in [-0.3, -0.25) is 28.8 Å². The Bertz CT molecular complexity index is 1200. The molecule has 14 heteroatoms. The number of carbonyl (C=O) groups is 2. The van der Waals surface area contributed by atoms with Gasteiger partial charge in [-0.05, 0) is 57.9 Å². The lowest BCUT2D eigenvalue weighted by atomic mass is 9.91. The number of nitrogens with zero attached hydrogens (tertiary/aromatic N) is 4. The second-order valence-electron chi connectivity index (χ2n) is 9.45. The first kappa shape index (κ1) is 27.9. The number of rotatable bonds is 6. The van der Waals surface area contributed by atoms with Crippen LogP contribution in [0, 0.1) is 11.3 Å². The number of amides is 2. The van der Waals surface area contributed by atoms with Crippen LogP contribution in [-0.2, 0) is 25.9 Å². The van der Waals surface area contributed by atoms with Crippen LogP contribution in [0.5, 0.6) is 0 Å². The lowest BCUT2D eigenvalue weighted by Gasteiger charge is -2.45. The first-order chi connectivity index (χ1) is 16.6. The number of piperidine rings is 1. The van der Waals surface area contributed by atoms with Gasteiger partial charge in [0.15, 0.2) is 0 Å². The maximum atomic E-state index is 13.6. The number of anilines is 1. The normalized spacial score (nSPS) is 25.7. The summed E-state index contributed by atoms with van der Waals surface area (Å²) in [7, 11) is -5.07. The molecule has 3 atom stereocenters. The van der Waals surface area contributed by atoms with Gasteiger partial charge in [-0.15, -0.1) is 0 Å². The van der Waals surface area contributed by atoms with E-state index >= 15 is 0 Å². The highest BCUT2D eigenvalue weighted by Gasteiger charge is 2.60. The van der Waals surface area contributed by atoms with Gasteiger partial charge in [-0.25, -0.2) is 0 Å². The van der Waals surface area contributed by atoms with E-state index < -0.39 is 68.0 Å². The summed E-state index contributed by atoms with van der Waals surface area (Å²) in [6.45, 7) is 5.66. The van der Waals surface area contributed by atoms with E-state index in [0.29, 0.717) is 30.5 Å². The van der Waals surface area contributed by atoms with Crippen molar-refractivity contribution in [2.75, 3.05) is 18.0 Å². The summed E-state index contributed by atoms with van der Waals surface area (Å²) in [5.41, 5.74) is -0.531. The Morgan fingerprint density at radius 3 is 2.47 bits per heavy atom. The maximum Gasteiger partial charge on any atom is 0.417 e. The lowest BCUT2D eigenvalue weighted by Crippen LogP contribution is -2.60. The number of halogens is 3. The summed E-state index contributed by atoms with van der Waals surface area (Å²) < 4.78 is 76.2. The van der Waals surface area contributed by atoms with Crippen LogP contribution < -0.4 is 10.6 Å². The van der Waals surface area contributed by atoms with Crippen molar-refractivity contribution in [2.45, 2.75) is 69.3 Å². The summed E-state index contributed by atoms with van der Waals surface area (Å²) in [5.74, 6) is -1.49. The fourth-order valence-electron chi connectivity index (χ4n) is 5.18. The third kappa shape index (κ3) is 4.93. The zero-order chi connectivity index (χ0) is 27.2. The van der Waals surface area contributed by atoms with E-state index in [1.807, 2.05) is 11.8 Å². The molecule has 36 heavy (non-hydrogen) atoms. The molecule has 3 unspecified atom stereocenters. The Hall–Kier alpha value is -2.73. The number of benzene rings is 1. The molecule has 1 aromatic rings. The highest BCUT2D eigenvalue weighted by Crippen LogP contribution is 2.43. The molecular formula is C22H28F3N5O5S. The number of hydrogen-bond donors (Lipinski definition) is 2. The van der Waals surface area contributed by atoms with Crippen LogP contribution in [0.4, 0.5) is 18.9 Å². The Morgan fingerprint density at radius 1 is 1.33 bits per heavy atom. The fourth-order valence-corrected chi connectivity index (χ4v) is 6.38. The van der Waals surface area contributed by atoms with E-state index in [1.165, 1.54) is 24.8 Å². The first-order valence-corrected chi connectivity index (χ1v) is 12.8. The SMILES string of the molecule is CCCN1CCC(N2C(S(=O)(=O)O)N(c3ccc(C#N)c(C(F)(F)F)c3)C(=O)C2(C)C)CC1C(N)=O. The molecule has 2 heterocycles. The van der Waals surface area contributed by atoms with Crippen molar-refractivity contribution < 1.29 is 35.7 Å². The predicted octanol–water partition coefficient (Wildman–Crippen LogP) is 1.90. The zero-order valence-electron chi connectivity index (χ0n) is 20.0. The minimum Gasteiger partial charge on any atom is -0.368 e. The number of primary amides is 1. The van der Waals surface area contributed by atoms with Crippen molar-refractivity contribution in [2.24, 2.45) is 5.73 Å². The van der Waals surface area contributed by atoms with E-state index in [-0.39, 0.29) is 6.42 Å². The van der Waals surface area contributed by atoms with Gasteiger partial charge < -0.3 is 5.73 Å². The molecule has 3 rings (SSSR count). The van der Waals surface area contributed by atoms with Gasteiger partial charge in [-0.2, -0.15) is 26.9 Å². The number of hydrogen-bond acceptors (Lipinski definition) is 7. The van der Waals surface area contributed by atoms with Crippen LogP contribution in [-0.4, -0.2) is 70.8 Å². The lowest BCUT2D eigenvalue weighted by molar-refractivity contribution is -0.137. The summed E-state index contributed by atoms with van der Waals surface area (Å²) >= 11 is 0. The molecule has 2 amide bonds. The highest BCUT2D eigenvalue weighted by molar-refractivity contribution is 7.86. The molecule has 10 nitrogen and oxygen atoms in total. The first-order valence-electron chi connectivity index (χ1n) is 11.3. The minimum atomic E-state index is -5.07. The molecule has 0 spiro atoms. The van der Waals surface area contributed by atoms with Crippen molar-refractivity contribution in [3.63, 3.8) is 0 Å². The van der Waals surface area contributed by atoms with Crippen molar-refractivity contribution in [3.8, 4) is 6.07 Å². The van der Waals surface area contributed by atoms with E-state index in [4.69, 9.17) is 11.0 Å². The molecule has 2 fully saturated rings. The monoisotopic (exact) mass is 531 g/mol. The molecule has 198 valence electrons. The Morgan fingerprint density at radius 2 is 1.97 bits per heavy atom. The highest BCUT2D eigenvalue weighted by atomic mass is 32.2. The number of nitrogens with two attached hydrogens (primary N) is 1. The van der Waals surface area contributed by atoms with Crippen LogP contribution in [0.1, 0.15) is 51.2 Å². The molecule has 0 bridgehead atoms. The molecule has 2 aliphatic rings. The topological polar surface area (TPSA) is 148 Å². The Kier molecular flexibility index (Phi) is 7.44. The van der Waals surface area contributed by atoms with Crippen molar-refractivity contribution in [3.05, 3.63) is 29.3 Å². The minimum absolute atomic E-state index is 0.0626. The van der Waals surface area contributed by atoms with Gasteiger partial charge in [0.25, 0.3) is 0 Å². The zero-order valence-corrected chi connectivity index (χ0v) is 20.8. The van der Waals surface area contributed by atoms with Crippen LogP contribution >= 0.6 is 0 Å². The predicted molar refractivity (Wildman–Crippen MR) is 123 cm³/mol. The van der Waals surface area contributed by atoms with E-state index in [0.717, 1.165) is 18.6 Å². The molecule has 3 N–H and O–H groups in total. The van der Waals surface area contributed by atoms with Gasteiger partial charge in [0, 0.05) is 18.3 Å². The van der Waals surface area contributed by atoms with Gasteiger partial charge >= 0.3 is 16.3 Å². The van der Waals surface area contributed by atoms with Crippen LogP contribution in [0.3, 0.4) is 0 Å². The summed E-state index contributed by atoms with van der Waals surface area (Å²) in [6, 6.07) is 2.35. The third-order valence-electron chi connectivity index (χ3n) is 6.74. The number of carbonyl (C=O) groups excluding carboxylic acids is 2. The molecular weight excluding hydrogens is 503 g/mol. The molecule has 2 aliphatic heterocycles. The second-order valence-corrected chi connectivity index (χ2v) is 10.9. The Balaban J connectivity index is 2.13. The van der Waals surface area contributed by atoms with Crippen molar-refractivity contribution in [1.82, 2.24) is 9.80 Å². The van der Waals surface area contributed by atoms with Crippen LogP contribution in [0.15, 0.2) is 18.2 Å². The molecule has 0 saturated carbocycles. The number of alkyl halides is 3. The van der Waals surface area contributed by atoms with Gasteiger partial charge in [-0.1, -0.05) is 6.92 Å². The molecule has 0 aliphatic carbocycles. The van der Waals surface area contributed by atoms with Gasteiger partial charge in [0.05, 0.1) is 28.8 Å². The summed E-state index contributed by atoms with van der Waals surface area (Å²) in [6.07, 6.45) is -3.83. The third-order valence-corrected chi connectivity index (χ3v) is 7.71. The summed E-state index contributed by atoms with van der Waals surface area (Å²) in [5, 5.41) is 9.08. The fraction of sp³-hybridized carbons (Fsp3) is 0.591. The largest absolute Gasteiger partial charge is 0.417 e. The van der Waals surface area contributed by atoms with Gasteiger partial charge in [0.2, 0.25) is 17.3 Å². The second kappa shape index (κ2) is 9.62. The number of nitriles is 1. The quantitative estimate of drug-likeness (QED) is 0.529. The van der Waals surface area contributed by atoms with Gasteiger partial charge in [0.1, 0.15) is 0 Å². The summed E-state index contributed by atoms with van der Waals surface area (Å²) in [4.78, 5) is 29.4. The molecule has 2 saturated heterocycles.